The predicted octanol–water partition coefficient (Wildman–Crippen LogP) is 0.852. The van der Waals surface area contributed by atoms with Crippen molar-refractivity contribution in [3.63, 3.8) is 0 Å². The van der Waals surface area contributed by atoms with E-state index in [2.05, 4.69) is 30.0 Å². The van der Waals surface area contributed by atoms with Crippen molar-refractivity contribution >= 4 is 5.91 Å². The van der Waals surface area contributed by atoms with Gasteiger partial charge in [0.05, 0.1) is 12.4 Å². The molecule has 0 fully saturated rings. The number of hydrogen-bond donors (Lipinski definition) is 0. The minimum Gasteiger partial charge on any atom is -0.273 e. The minimum absolute atomic E-state index is 0.270. The Balaban J connectivity index is 2.15. The molecule has 3 aromatic heterocycles. The van der Waals surface area contributed by atoms with Crippen LogP contribution in [0.15, 0.2) is 37.2 Å². The van der Waals surface area contributed by atoms with Gasteiger partial charge in [-0.05, 0) is 0 Å². The molecule has 0 unspecified atom stereocenters. The molecule has 0 spiro atoms. The second kappa shape index (κ2) is 4.92. The summed E-state index contributed by atoms with van der Waals surface area (Å²) in [6.07, 6.45) is 9.20. The van der Waals surface area contributed by atoms with E-state index in [9.17, 15) is 4.79 Å². The maximum Gasteiger partial charge on any atom is 0.245 e. The molecule has 3 heterocycles. The van der Waals surface area contributed by atoms with Crippen molar-refractivity contribution < 1.29 is 4.79 Å². The summed E-state index contributed by atoms with van der Waals surface area (Å²) < 4.78 is 1.17. The van der Waals surface area contributed by atoms with E-state index in [1.165, 1.54) is 36.4 Å². The molecule has 0 aliphatic rings. The molecule has 0 bridgehead atoms. The van der Waals surface area contributed by atoms with Gasteiger partial charge in [-0.1, -0.05) is 0 Å². The molecule has 8 heteroatoms. The van der Waals surface area contributed by atoms with Gasteiger partial charge in [0.25, 0.3) is 0 Å². The maximum atomic E-state index is 11.7. The third-order valence-electron chi connectivity index (χ3n) is 2.49. The number of nitrogens with zero attached hydrogens (tertiary/aromatic N) is 7. The SMILES string of the molecule is CC(=O)n1nc(-c2cnccn2)nc1-c1cnccn1. The Morgan fingerprint density at radius 1 is 1.00 bits per heavy atom. The fourth-order valence-corrected chi connectivity index (χ4v) is 1.64. The number of carbonyl (C=O) groups excluding carboxylic acids is 1. The Kier molecular flexibility index (Phi) is 2.96. The van der Waals surface area contributed by atoms with Crippen LogP contribution in [0.3, 0.4) is 0 Å². The smallest absolute Gasteiger partial charge is 0.245 e. The van der Waals surface area contributed by atoms with Gasteiger partial charge in [-0.15, -0.1) is 5.10 Å². The molecular weight excluding hydrogens is 258 g/mol. The van der Waals surface area contributed by atoms with E-state index in [4.69, 9.17) is 0 Å². The number of aromatic nitrogens is 7. The highest BCUT2D eigenvalue weighted by Crippen LogP contribution is 2.18. The summed E-state index contributed by atoms with van der Waals surface area (Å²) in [5.41, 5.74) is 0.947. The minimum atomic E-state index is -0.270. The molecule has 0 radical (unpaired) electrons. The van der Waals surface area contributed by atoms with E-state index in [-0.39, 0.29) is 5.91 Å². The summed E-state index contributed by atoms with van der Waals surface area (Å²) in [5.74, 6) is 0.369. The highest BCUT2D eigenvalue weighted by molar-refractivity contribution is 5.80. The lowest BCUT2D eigenvalue weighted by atomic mass is 10.4. The van der Waals surface area contributed by atoms with Gasteiger partial charge in [0.15, 0.2) is 5.82 Å². The fraction of sp³-hybridized carbons (Fsp3) is 0.0833. The monoisotopic (exact) mass is 267 g/mol. The van der Waals surface area contributed by atoms with Gasteiger partial charge in [0.1, 0.15) is 11.4 Å². The quantitative estimate of drug-likeness (QED) is 0.678. The zero-order valence-corrected chi connectivity index (χ0v) is 10.5. The third-order valence-corrected chi connectivity index (χ3v) is 2.49. The van der Waals surface area contributed by atoms with E-state index >= 15 is 0 Å². The van der Waals surface area contributed by atoms with Crippen molar-refractivity contribution in [2.24, 2.45) is 0 Å². The molecule has 0 atom stereocenters. The summed E-state index contributed by atoms with van der Waals surface area (Å²) in [6, 6.07) is 0. The van der Waals surface area contributed by atoms with Crippen LogP contribution in [0.5, 0.6) is 0 Å². The Labute approximate surface area is 113 Å². The lowest BCUT2D eigenvalue weighted by molar-refractivity contribution is 0.0923. The largest absolute Gasteiger partial charge is 0.273 e. The summed E-state index contributed by atoms with van der Waals surface area (Å²) in [7, 11) is 0. The Hall–Kier alpha value is -3.03. The van der Waals surface area contributed by atoms with Crippen LogP contribution in [0.1, 0.15) is 11.7 Å². The summed E-state index contributed by atoms with van der Waals surface area (Å²) >= 11 is 0. The van der Waals surface area contributed by atoms with Crippen molar-refractivity contribution in [2.45, 2.75) is 6.92 Å². The average molecular weight is 267 g/mol. The predicted molar refractivity (Wildman–Crippen MR) is 68.4 cm³/mol. The normalized spacial score (nSPS) is 10.4. The summed E-state index contributed by atoms with van der Waals surface area (Å²) in [4.78, 5) is 32.1. The van der Waals surface area contributed by atoms with Crippen molar-refractivity contribution in [3.05, 3.63) is 37.2 Å². The second-order valence-electron chi connectivity index (χ2n) is 3.87. The molecule has 98 valence electrons. The van der Waals surface area contributed by atoms with Crippen LogP contribution in [0.4, 0.5) is 0 Å². The highest BCUT2D eigenvalue weighted by atomic mass is 16.2. The van der Waals surface area contributed by atoms with Crippen LogP contribution in [0.25, 0.3) is 23.0 Å². The number of rotatable bonds is 2. The molecule has 8 nitrogen and oxygen atoms in total. The van der Waals surface area contributed by atoms with Gasteiger partial charge >= 0.3 is 0 Å². The first-order valence-electron chi connectivity index (χ1n) is 5.76. The van der Waals surface area contributed by atoms with Crippen molar-refractivity contribution in [1.29, 1.82) is 0 Å². The van der Waals surface area contributed by atoms with E-state index in [0.29, 0.717) is 23.0 Å². The fourth-order valence-electron chi connectivity index (χ4n) is 1.64. The molecule has 0 amide bonds. The van der Waals surface area contributed by atoms with Crippen LogP contribution >= 0.6 is 0 Å². The van der Waals surface area contributed by atoms with Crippen LogP contribution in [-0.2, 0) is 0 Å². The molecule has 0 N–H and O–H groups in total. The van der Waals surface area contributed by atoms with Crippen LogP contribution < -0.4 is 0 Å². The van der Waals surface area contributed by atoms with Gasteiger partial charge in [-0.3, -0.25) is 14.8 Å². The van der Waals surface area contributed by atoms with Gasteiger partial charge in [-0.2, -0.15) is 4.68 Å². The van der Waals surface area contributed by atoms with Gasteiger partial charge in [0, 0.05) is 31.7 Å². The summed E-state index contributed by atoms with van der Waals surface area (Å²) in [6.45, 7) is 1.40. The molecule has 0 aromatic carbocycles. The maximum absolute atomic E-state index is 11.7. The van der Waals surface area contributed by atoms with Crippen LogP contribution in [0.2, 0.25) is 0 Å². The molecule has 3 rings (SSSR count). The third kappa shape index (κ3) is 2.14. The summed E-state index contributed by atoms with van der Waals surface area (Å²) in [5, 5.41) is 4.14. The first kappa shape index (κ1) is 12.0. The Bertz CT molecular complexity index is 739. The molecule has 0 aliphatic heterocycles. The first-order valence-corrected chi connectivity index (χ1v) is 5.76. The number of carbonyl (C=O) groups is 1. The van der Waals surface area contributed by atoms with Gasteiger partial charge < -0.3 is 0 Å². The standard InChI is InChI=1S/C12H9N7O/c1-8(20)19-12(10-7-14-3-5-16-10)17-11(18-19)9-6-13-2-4-15-9/h2-7H,1H3. The van der Waals surface area contributed by atoms with Crippen LogP contribution in [0, 0.1) is 0 Å². The van der Waals surface area contributed by atoms with E-state index in [1.54, 1.807) is 12.4 Å². The van der Waals surface area contributed by atoms with E-state index in [1.807, 2.05) is 0 Å². The lowest BCUT2D eigenvalue weighted by Gasteiger charge is -1.98. The number of hydrogen-bond acceptors (Lipinski definition) is 7. The molecular formula is C12H9N7O. The molecule has 20 heavy (non-hydrogen) atoms. The zero-order chi connectivity index (χ0) is 13.9. The van der Waals surface area contributed by atoms with Gasteiger partial charge in [0.2, 0.25) is 11.7 Å². The van der Waals surface area contributed by atoms with Crippen molar-refractivity contribution in [1.82, 2.24) is 34.7 Å². The Morgan fingerprint density at radius 2 is 1.65 bits per heavy atom. The zero-order valence-electron chi connectivity index (χ0n) is 10.5. The van der Waals surface area contributed by atoms with Crippen LogP contribution in [-0.4, -0.2) is 40.6 Å². The average Bonchev–Trinajstić information content (AvgIpc) is 2.94. The molecule has 0 saturated carbocycles. The first-order chi connectivity index (χ1) is 9.75. The van der Waals surface area contributed by atoms with E-state index in [0.717, 1.165) is 0 Å². The molecule has 3 aromatic rings. The van der Waals surface area contributed by atoms with E-state index < -0.39 is 0 Å². The topological polar surface area (TPSA) is 99.3 Å². The second-order valence-corrected chi connectivity index (χ2v) is 3.87. The van der Waals surface area contributed by atoms with Crippen molar-refractivity contribution in [3.8, 4) is 23.0 Å². The van der Waals surface area contributed by atoms with Gasteiger partial charge in [-0.25, -0.2) is 15.0 Å². The molecule has 0 saturated heterocycles. The highest BCUT2D eigenvalue weighted by Gasteiger charge is 2.17. The van der Waals surface area contributed by atoms with Crippen molar-refractivity contribution in [2.75, 3.05) is 0 Å². The molecule has 0 aliphatic carbocycles. The Morgan fingerprint density at radius 3 is 2.20 bits per heavy atom. The lowest BCUT2D eigenvalue weighted by Crippen LogP contribution is -2.10.